The van der Waals surface area contributed by atoms with Crippen molar-refractivity contribution in [1.29, 1.82) is 0 Å². The van der Waals surface area contributed by atoms with E-state index >= 15 is 0 Å². The molecule has 0 bridgehead atoms. The molecule has 1 N–H and O–H groups in total. The standard InChI is InChI=1S/C8H9N3O5S.C8H10N2O/c1-15-5-3-6(9-7(4-5)16-2)10-8(12)11-17(13)14;1-10(2)8-7(6-11)4-3-5-9-8/h3-4H,1-2H3,(H,9,10,12);3-6H,1-2H3. The number of nitrogens with zero attached hydrogens (tertiary/aromatic N) is 4. The Kier molecular flexibility index (Phi) is 9.03. The lowest BCUT2D eigenvalue weighted by Gasteiger charge is -2.11. The van der Waals surface area contributed by atoms with Crippen molar-refractivity contribution in [3.05, 3.63) is 36.0 Å². The van der Waals surface area contributed by atoms with Gasteiger partial charge in [0.1, 0.15) is 17.4 Å². The molecule has 0 atom stereocenters. The number of carbonyl (C=O) groups is 2. The van der Waals surface area contributed by atoms with Crippen molar-refractivity contribution in [2.45, 2.75) is 0 Å². The molecule has 2 aromatic heterocycles. The second-order valence-electron chi connectivity index (χ2n) is 5.10. The maximum Gasteiger partial charge on any atom is 0.361 e. The van der Waals surface area contributed by atoms with E-state index < -0.39 is 16.5 Å². The summed E-state index contributed by atoms with van der Waals surface area (Å²) in [6.45, 7) is 0. The molecule has 2 aromatic rings. The normalized spacial score (nSPS) is 9.29. The predicted molar refractivity (Wildman–Crippen MR) is 102 cm³/mol. The van der Waals surface area contributed by atoms with Crippen LogP contribution in [0.15, 0.2) is 34.8 Å². The van der Waals surface area contributed by atoms with E-state index in [4.69, 9.17) is 9.47 Å². The molecule has 12 heteroatoms. The van der Waals surface area contributed by atoms with Crippen molar-refractivity contribution >= 4 is 34.5 Å². The molecule has 0 unspecified atom stereocenters. The van der Waals surface area contributed by atoms with Crippen molar-refractivity contribution in [2.75, 3.05) is 38.5 Å². The van der Waals surface area contributed by atoms with Crippen molar-refractivity contribution in [1.82, 2.24) is 9.97 Å². The minimum absolute atomic E-state index is 0.0698. The van der Waals surface area contributed by atoms with Crippen LogP contribution in [-0.2, 0) is 10.5 Å². The molecule has 0 radical (unpaired) electrons. The van der Waals surface area contributed by atoms with Gasteiger partial charge in [-0.3, -0.25) is 10.1 Å². The molecular weight excluding hydrogens is 390 g/mol. The average molecular weight is 409 g/mol. The highest BCUT2D eigenvalue weighted by atomic mass is 32.2. The number of anilines is 2. The molecule has 0 aliphatic rings. The smallest absolute Gasteiger partial charge is 0.361 e. The van der Waals surface area contributed by atoms with Crippen LogP contribution in [-0.4, -0.2) is 59.0 Å². The molecule has 0 aliphatic heterocycles. The number of hydrogen-bond donors (Lipinski definition) is 1. The van der Waals surface area contributed by atoms with Gasteiger partial charge in [0.25, 0.3) is 0 Å². The second-order valence-corrected chi connectivity index (χ2v) is 5.72. The van der Waals surface area contributed by atoms with Gasteiger partial charge in [-0.1, -0.05) is 4.36 Å². The van der Waals surface area contributed by atoms with Crippen LogP contribution in [0.5, 0.6) is 11.6 Å². The molecule has 0 saturated carbocycles. The summed E-state index contributed by atoms with van der Waals surface area (Å²) in [6, 6.07) is 5.33. The van der Waals surface area contributed by atoms with Gasteiger partial charge in [-0.05, 0) is 12.1 Å². The zero-order chi connectivity index (χ0) is 21.1. The van der Waals surface area contributed by atoms with Gasteiger partial charge < -0.3 is 14.4 Å². The maximum atomic E-state index is 11.0. The summed E-state index contributed by atoms with van der Waals surface area (Å²) in [6.07, 6.45) is 2.48. The number of aromatic nitrogens is 2. The molecule has 28 heavy (non-hydrogen) atoms. The van der Waals surface area contributed by atoms with Crippen LogP contribution in [0.25, 0.3) is 0 Å². The van der Waals surface area contributed by atoms with Crippen LogP contribution in [0.3, 0.4) is 0 Å². The third-order valence-corrected chi connectivity index (χ3v) is 3.29. The molecule has 0 spiro atoms. The fourth-order valence-electron chi connectivity index (χ4n) is 1.84. The number of methoxy groups -OCH3 is 2. The second kappa shape index (κ2) is 11.2. The monoisotopic (exact) mass is 409 g/mol. The Bertz CT molecular complexity index is 931. The van der Waals surface area contributed by atoms with Gasteiger partial charge in [-0.25, -0.2) is 9.78 Å². The topological polar surface area (TPSA) is 140 Å². The summed E-state index contributed by atoms with van der Waals surface area (Å²) in [5, 5.41) is 2.15. The molecule has 11 nitrogen and oxygen atoms in total. The molecule has 150 valence electrons. The molecule has 0 aromatic carbocycles. The first-order chi connectivity index (χ1) is 13.3. The summed E-state index contributed by atoms with van der Waals surface area (Å²) < 4.78 is 32.8. The lowest BCUT2D eigenvalue weighted by Crippen LogP contribution is -2.12. The number of pyridine rings is 2. The van der Waals surface area contributed by atoms with Gasteiger partial charge in [0.2, 0.25) is 5.88 Å². The largest absolute Gasteiger partial charge is 0.496 e. The molecule has 2 amide bonds. The summed E-state index contributed by atoms with van der Waals surface area (Å²) in [5.41, 5.74) is 0.623. The highest BCUT2D eigenvalue weighted by Gasteiger charge is 2.06. The third-order valence-electron chi connectivity index (χ3n) is 2.98. The van der Waals surface area contributed by atoms with Gasteiger partial charge in [-0.2, -0.15) is 13.4 Å². The minimum Gasteiger partial charge on any atom is -0.496 e. The Hall–Kier alpha value is -3.54. The van der Waals surface area contributed by atoms with Crippen LogP contribution in [0, 0.1) is 0 Å². The number of aldehydes is 1. The van der Waals surface area contributed by atoms with Crippen LogP contribution >= 0.6 is 0 Å². The predicted octanol–water partition coefficient (Wildman–Crippen LogP) is 1.65. The number of rotatable bonds is 5. The summed E-state index contributed by atoms with van der Waals surface area (Å²) in [5.74, 6) is 1.39. The zero-order valence-electron chi connectivity index (χ0n) is 15.6. The Labute approximate surface area is 163 Å². The number of amides is 2. The summed E-state index contributed by atoms with van der Waals surface area (Å²) in [7, 11) is 3.72. The SMILES string of the molecule is CN(C)c1ncccc1C=O.COc1cc(NC(=O)N=S(=O)=O)nc(OC)c1. The van der Waals surface area contributed by atoms with Gasteiger partial charge in [0.05, 0.1) is 19.8 Å². The highest BCUT2D eigenvalue weighted by molar-refractivity contribution is 7.62. The summed E-state index contributed by atoms with van der Waals surface area (Å²) in [4.78, 5) is 31.2. The number of urea groups is 1. The number of carbonyl (C=O) groups excluding carboxylic acids is 2. The van der Waals surface area contributed by atoms with E-state index in [0.29, 0.717) is 17.1 Å². The fraction of sp³-hybridized carbons (Fsp3) is 0.250. The van der Waals surface area contributed by atoms with E-state index in [-0.39, 0.29) is 11.7 Å². The van der Waals surface area contributed by atoms with Crippen LogP contribution in [0.4, 0.5) is 16.4 Å². The van der Waals surface area contributed by atoms with Crippen molar-refractivity contribution in [3.8, 4) is 11.6 Å². The Balaban J connectivity index is 0.000000307. The van der Waals surface area contributed by atoms with Crippen LogP contribution in [0.2, 0.25) is 0 Å². The van der Waals surface area contributed by atoms with Gasteiger partial charge in [-0.15, -0.1) is 0 Å². The Morgan fingerprint density at radius 2 is 1.96 bits per heavy atom. The lowest BCUT2D eigenvalue weighted by molar-refractivity contribution is 0.112. The van der Waals surface area contributed by atoms with Crippen molar-refractivity contribution in [2.24, 2.45) is 4.36 Å². The van der Waals surface area contributed by atoms with E-state index in [9.17, 15) is 18.0 Å². The third kappa shape index (κ3) is 7.37. The Morgan fingerprint density at radius 3 is 2.46 bits per heavy atom. The first-order valence-electron chi connectivity index (χ1n) is 7.60. The number of nitrogens with one attached hydrogen (secondary N) is 1. The first-order valence-corrected chi connectivity index (χ1v) is 8.63. The quantitative estimate of drug-likeness (QED) is 0.730. The van der Waals surface area contributed by atoms with Gasteiger partial charge in [0.15, 0.2) is 6.29 Å². The summed E-state index contributed by atoms with van der Waals surface area (Å²) >= 11 is 0. The van der Waals surface area contributed by atoms with E-state index in [1.54, 1.807) is 18.3 Å². The van der Waals surface area contributed by atoms with Crippen LogP contribution in [0.1, 0.15) is 10.4 Å². The van der Waals surface area contributed by atoms with Gasteiger partial charge in [0, 0.05) is 32.4 Å². The van der Waals surface area contributed by atoms with E-state index in [1.807, 2.05) is 19.0 Å². The fourth-order valence-corrected chi connectivity index (χ4v) is 2.02. The molecule has 0 saturated heterocycles. The van der Waals surface area contributed by atoms with E-state index in [2.05, 4.69) is 19.6 Å². The molecular formula is C16H19N5O6S. The zero-order valence-corrected chi connectivity index (χ0v) is 16.4. The number of hydrogen-bond acceptors (Lipinski definition) is 9. The van der Waals surface area contributed by atoms with Gasteiger partial charge >= 0.3 is 16.5 Å². The average Bonchev–Trinajstić information content (AvgIpc) is 2.67. The molecule has 0 aliphatic carbocycles. The minimum atomic E-state index is -2.81. The van der Waals surface area contributed by atoms with E-state index in [1.165, 1.54) is 26.4 Å². The van der Waals surface area contributed by atoms with Crippen molar-refractivity contribution in [3.63, 3.8) is 0 Å². The van der Waals surface area contributed by atoms with Crippen LogP contribution < -0.4 is 19.7 Å². The Morgan fingerprint density at radius 1 is 1.25 bits per heavy atom. The number of ether oxygens (including phenoxy) is 2. The van der Waals surface area contributed by atoms with Crippen molar-refractivity contribution < 1.29 is 27.5 Å². The molecule has 2 heterocycles. The molecule has 0 fully saturated rings. The highest BCUT2D eigenvalue weighted by Crippen LogP contribution is 2.21. The first kappa shape index (κ1) is 22.5. The lowest BCUT2D eigenvalue weighted by atomic mass is 10.3. The molecule has 2 rings (SSSR count). The maximum absolute atomic E-state index is 11.0. The van der Waals surface area contributed by atoms with E-state index in [0.717, 1.165) is 6.29 Å².